The van der Waals surface area contributed by atoms with Crippen LogP contribution in [0.1, 0.15) is 12.5 Å². The monoisotopic (exact) mass is 223 g/mol. The predicted molar refractivity (Wildman–Crippen MR) is 57.0 cm³/mol. The van der Waals surface area contributed by atoms with Crippen molar-refractivity contribution >= 4 is 12.6 Å². The van der Waals surface area contributed by atoms with Crippen molar-refractivity contribution in [1.82, 2.24) is 5.32 Å². The summed E-state index contributed by atoms with van der Waals surface area (Å²) in [4.78, 5) is 21.0. The van der Waals surface area contributed by atoms with E-state index in [-0.39, 0.29) is 6.61 Å². The van der Waals surface area contributed by atoms with Gasteiger partial charge >= 0.3 is 6.09 Å². The molecule has 0 heterocycles. The highest BCUT2D eigenvalue weighted by Crippen LogP contribution is 2.12. The molecule has 0 bridgehead atoms. The Balaban J connectivity index is 2.50. The Morgan fingerprint density at radius 2 is 2.06 bits per heavy atom. The average Bonchev–Trinajstić information content (AvgIpc) is 2.28. The number of amides is 1. The maximum atomic E-state index is 11.1. The molecule has 0 spiro atoms. The highest BCUT2D eigenvalue weighted by molar-refractivity contribution is 5.70. The molecule has 0 aliphatic rings. The van der Waals surface area contributed by atoms with E-state index in [1.807, 2.05) is 0 Å². The standard InChI is InChI=1S/C11H13NO4/c1-2-12-11(14)16-10-5-3-9(4-6-10)7-15-8-13/h3-6,8H,2,7H2,1H3,(H,12,14). The van der Waals surface area contributed by atoms with Crippen LogP contribution in [0.2, 0.25) is 0 Å². The summed E-state index contributed by atoms with van der Waals surface area (Å²) in [5.41, 5.74) is 0.829. The van der Waals surface area contributed by atoms with Gasteiger partial charge in [-0.3, -0.25) is 4.79 Å². The number of hydrogen-bond acceptors (Lipinski definition) is 4. The molecule has 86 valence electrons. The van der Waals surface area contributed by atoms with Gasteiger partial charge in [-0.25, -0.2) is 4.79 Å². The van der Waals surface area contributed by atoms with Gasteiger partial charge in [0.05, 0.1) is 0 Å². The third-order valence-electron chi connectivity index (χ3n) is 1.77. The topological polar surface area (TPSA) is 64.6 Å². The summed E-state index contributed by atoms with van der Waals surface area (Å²) in [5.74, 6) is 0.445. The second kappa shape index (κ2) is 6.44. The first-order valence-electron chi connectivity index (χ1n) is 4.86. The summed E-state index contributed by atoms with van der Waals surface area (Å²) >= 11 is 0. The van der Waals surface area contributed by atoms with E-state index in [2.05, 4.69) is 10.1 Å². The summed E-state index contributed by atoms with van der Waals surface area (Å²) in [6.07, 6.45) is -0.487. The molecule has 1 aromatic carbocycles. The van der Waals surface area contributed by atoms with E-state index in [1.165, 1.54) is 0 Å². The molecule has 0 saturated carbocycles. The van der Waals surface area contributed by atoms with E-state index >= 15 is 0 Å². The van der Waals surface area contributed by atoms with Gasteiger partial charge in [-0.15, -0.1) is 0 Å². The van der Waals surface area contributed by atoms with E-state index in [1.54, 1.807) is 31.2 Å². The number of ether oxygens (including phenoxy) is 2. The highest BCUT2D eigenvalue weighted by Gasteiger charge is 2.02. The van der Waals surface area contributed by atoms with Crippen molar-refractivity contribution < 1.29 is 19.1 Å². The summed E-state index contributed by atoms with van der Waals surface area (Å²) < 4.78 is 9.53. The molecule has 0 saturated heterocycles. The van der Waals surface area contributed by atoms with Crippen LogP contribution in [-0.2, 0) is 16.1 Å². The van der Waals surface area contributed by atoms with Crippen LogP contribution in [0.15, 0.2) is 24.3 Å². The van der Waals surface area contributed by atoms with Crippen LogP contribution in [0.25, 0.3) is 0 Å². The smallest absolute Gasteiger partial charge is 0.412 e. The lowest BCUT2D eigenvalue weighted by atomic mass is 10.2. The van der Waals surface area contributed by atoms with Crippen molar-refractivity contribution in [3.63, 3.8) is 0 Å². The zero-order valence-corrected chi connectivity index (χ0v) is 8.93. The first kappa shape index (κ1) is 12.0. The minimum absolute atomic E-state index is 0.213. The van der Waals surface area contributed by atoms with Gasteiger partial charge in [0.15, 0.2) is 0 Å². The fourth-order valence-corrected chi connectivity index (χ4v) is 1.07. The molecule has 0 aromatic heterocycles. The Morgan fingerprint density at radius 3 is 2.62 bits per heavy atom. The summed E-state index contributed by atoms with van der Waals surface area (Å²) in [6, 6.07) is 6.72. The van der Waals surface area contributed by atoms with Gasteiger partial charge in [0.1, 0.15) is 12.4 Å². The second-order valence-electron chi connectivity index (χ2n) is 2.97. The van der Waals surface area contributed by atoms with Crippen molar-refractivity contribution in [3.05, 3.63) is 29.8 Å². The lowest BCUT2D eigenvalue weighted by Gasteiger charge is -2.05. The Kier molecular flexibility index (Phi) is 4.85. The highest BCUT2D eigenvalue weighted by atomic mass is 16.6. The molecule has 1 amide bonds. The van der Waals surface area contributed by atoms with E-state index in [0.29, 0.717) is 18.8 Å². The van der Waals surface area contributed by atoms with Gasteiger partial charge in [-0.05, 0) is 24.6 Å². The molecule has 0 atom stereocenters. The number of benzene rings is 1. The summed E-state index contributed by atoms with van der Waals surface area (Å²) in [6.45, 7) is 2.93. The SMILES string of the molecule is CCNC(=O)Oc1ccc(COC=O)cc1. The quantitative estimate of drug-likeness (QED) is 0.767. The van der Waals surface area contributed by atoms with Gasteiger partial charge in [-0.1, -0.05) is 12.1 Å². The molecule has 0 aliphatic carbocycles. The van der Waals surface area contributed by atoms with Gasteiger partial charge in [-0.2, -0.15) is 0 Å². The van der Waals surface area contributed by atoms with E-state index in [4.69, 9.17) is 4.74 Å². The lowest BCUT2D eigenvalue weighted by Crippen LogP contribution is -2.26. The Bertz CT molecular complexity index is 348. The Labute approximate surface area is 93.4 Å². The average molecular weight is 223 g/mol. The fourth-order valence-electron chi connectivity index (χ4n) is 1.07. The molecule has 5 nitrogen and oxygen atoms in total. The molecule has 1 aromatic rings. The van der Waals surface area contributed by atoms with E-state index < -0.39 is 6.09 Å². The molecule has 0 aliphatic heterocycles. The second-order valence-corrected chi connectivity index (χ2v) is 2.97. The molecular weight excluding hydrogens is 210 g/mol. The first-order valence-corrected chi connectivity index (χ1v) is 4.86. The Morgan fingerprint density at radius 1 is 1.38 bits per heavy atom. The van der Waals surface area contributed by atoms with Crippen molar-refractivity contribution in [2.24, 2.45) is 0 Å². The van der Waals surface area contributed by atoms with Gasteiger partial charge in [0.2, 0.25) is 0 Å². The van der Waals surface area contributed by atoms with Crippen molar-refractivity contribution in [1.29, 1.82) is 0 Å². The largest absolute Gasteiger partial charge is 0.463 e. The zero-order valence-electron chi connectivity index (χ0n) is 8.93. The van der Waals surface area contributed by atoms with Crippen LogP contribution in [0.5, 0.6) is 5.75 Å². The van der Waals surface area contributed by atoms with Crippen molar-refractivity contribution in [2.45, 2.75) is 13.5 Å². The number of hydrogen-bond donors (Lipinski definition) is 1. The van der Waals surface area contributed by atoms with Gasteiger partial charge in [0.25, 0.3) is 6.47 Å². The predicted octanol–water partition coefficient (Wildman–Crippen LogP) is 1.47. The van der Waals surface area contributed by atoms with E-state index in [9.17, 15) is 9.59 Å². The summed E-state index contributed by atoms with van der Waals surface area (Å²) in [7, 11) is 0. The normalized spacial score (nSPS) is 9.31. The van der Waals surface area contributed by atoms with Crippen LogP contribution in [-0.4, -0.2) is 19.1 Å². The first-order chi connectivity index (χ1) is 7.76. The van der Waals surface area contributed by atoms with Crippen LogP contribution in [0.4, 0.5) is 4.79 Å². The van der Waals surface area contributed by atoms with Crippen LogP contribution in [0.3, 0.4) is 0 Å². The maximum absolute atomic E-state index is 11.1. The van der Waals surface area contributed by atoms with Crippen molar-refractivity contribution in [2.75, 3.05) is 6.54 Å². The van der Waals surface area contributed by atoms with Gasteiger partial charge < -0.3 is 14.8 Å². The van der Waals surface area contributed by atoms with Crippen LogP contribution >= 0.6 is 0 Å². The molecular formula is C11H13NO4. The van der Waals surface area contributed by atoms with Crippen LogP contribution < -0.4 is 10.1 Å². The van der Waals surface area contributed by atoms with Gasteiger partial charge in [0, 0.05) is 6.54 Å². The molecule has 1 rings (SSSR count). The fraction of sp³-hybridized carbons (Fsp3) is 0.273. The molecule has 0 radical (unpaired) electrons. The number of carbonyl (C=O) groups excluding carboxylic acids is 2. The minimum Gasteiger partial charge on any atom is -0.463 e. The molecule has 1 N–H and O–H groups in total. The number of rotatable bonds is 5. The molecule has 0 fully saturated rings. The molecule has 16 heavy (non-hydrogen) atoms. The third-order valence-corrected chi connectivity index (χ3v) is 1.77. The minimum atomic E-state index is -0.487. The Hall–Kier alpha value is -2.04. The maximum Gasteiger partial charge on any atom is 0.412 e. The lowest BCUT2D eigenvalue weighted by molar-refractivity contribution is -0.129. The number of carbonyl (C=O) groups is 2. The third kappa shape index (κ3) is 4.00. The summed E-state index contributed by atoms with van der Waals surface area (Å²) in [5, 5.41) is 2.51. The van der Waals surface area contributed by atoms with Crippen LogP contribution in [0, 0.1) is 0 Å². The molecule has 5 heteroatoms. The number of nitrogens with one attached hydrogen (secondary N) is 1. The van der Waals surface area contributed by atoms with E-state index in [0.717, 1.165) is 5.56 Å². The zero-order chi connectivity index (χ0) is 11.8. The molecule has 0 unspecified atom stereocenters. The van der Waals surface area contributed by atoms with Crippen molar-refractivity contribution in [3.8, 4) is 5.75 Å².